The molecule has 0 aliphatic heterocycles. The maximum atomic E-state index is 8.19. The zero-order chi connectivity index (χ0) is 15.2. The second-order valence-corrected chi connectivity index (χ2v) is 13.7. The lowest BCUT2D eigenvalue weighted by molar-refractivity contribution is 2.45. The molecule has 4 atom stereocenters. The Kier molecular flexibility index (Phi) is 5.96. The summed E-state index contributed by atoms with van der Waals surface area (Å²) >= 11 is 11.8. The summed E-state index contributed by atoms with van der Waals surface area (Å²) in [5.74, 6) is 0. The van der Waals surface area contributed by atoms with Gasteiger partial charge in [-0.25, -0.2) is 0 Å². The molecule has 2 rings (SSSR count). The molecule has 0 saturated heterocycles. The fourth-order valence-electron chi connectivity index (χ4n) is 1.19. The number of hydrogen-bond acceptors (Lipinski definition) is 2. The van der Waals surface area contributed by atoms with Crippen molar-refractivity contribution in [3.8, 4) is 0 Å². The van der Waals surface area contributed by atoms with Gasteiger partial charge in [0.25, 0.3) is 0 Å². The largest absolute Gasteiger partial charge is 0.123 e. The minimum absolute atomic E-state index is 0.990. The molecule has 88 valence electrons. The molecule has 0 aliphatic rings. The van der Waals surface area contributed by atoms with Gasteiger partial charge in [-0.15, -0.1) is 22.7 Å². The lowest BCUT2D eigenvalue weighted by Gasteiger charge is -2.00. The Morgan fingerprint density at radius 1 is 0.812 bits per heavy atom. The zero-order valence-corrected chi connectivity index (χ0v) is 21.0. The summed E-state index contributed by atoms with van der Waals surface area (Å²) in [6, 6.07) is 0. The quantitative estimate of drug-likeness (QED) is 0.282. The molecule has 2 aromatic heterocycles. The van der Waals surface area contributed by atoms with Gasteiger partial charge in [0.15, 0.2) is 0 Å². The van der Waals surface area contributed by atoms with Gasteiger partial charge in [0, 0.05) is 25.2 Å². The first-order valence-corrected chi connectivity index (χ1v) is 20.0. The Morgan fingerprint density at radius 3 is 1.56 bits per heavy atom. The highest BCUT2D eigenvalue weighted by Crippen LogP contribution is 2.41. The average Bonchev–Trinajstić information content (AvgIpc) is 2.81. The van der Waals surface area contributed by atoms with Gasteiger partial charge in [0.05, 0.1) is 9.13 Å². The van der Waals surface area contributed by atoms with E-state index in [2.05, 4.69) is 88.2 Å². The maximum Gasteiger partial charge on any atom is 0.0892 e. The van der Waals surface area contributed by atoms with Gasteiger partial charge in [-0.3, -0.25) is 0 Å². The number of rotatable bonds is 4. The molecule has 2 heterocycles. The van der Waals surface area contributed by atoms with Crippen LogP contribution >= 0.6 is 136 Å². The fourth-order valence-corrected chi connectivity index (χ4v) is 16.5. The SMILES string of the molecule is [2H]P(I)c1sc2sc(P([2H])I)c(P([2H])I)c2c1P([2H])I. The minimum atomic E-state index is -1.06. The van der Waals surface area contributed by atoms with Crippen LogP contribution in [0.2, 0.25) is 0 Å². The highest BCUT2D eigenvalue weighted by atomic mass is 127. The summed E-state index contributed by atoms with van der Waals surface area (Å²) in [5, 5.41) is 3.06. The van der Waals surface area contributed by atoms with Crippen LogP contribution in [0.1, 0.15) is 0 Å². The van der Waals surface area contributed by atoms with Crippen LogP contribution in [0.4, 0.5) is 0 Å². The molecule has 4 unspecified atom stereocenters. The molecule has 0 fully saturated rings. The highest BCUT2D eigenvalue weighted by molar-refractivity contribution is 14.2. The lowest BCUT2D eigenvalue weighted by atomic mass is 10.4. The maximum absolute atomic E-state index is 8.19. The van der Waals surface area contributed by atoms with E-state index in [1.807, 2.05) is 0 Å². The number of hydrogen-bond donors (Lipinski definition) is 0. The predicted molar refractivity (Wildman–Crippen MR) is 128 cm³/mol. The van der Waals surface area contributed by atoms with Crippen molar-refractivity contribution in [2.45, 2.75) is 0 Å². The molecular formula is C6H4I4P4S2. The minimum Gasteiger partial charge on any atom is -0.123 e. The van der Waals surface area contributed by atoms with Crippen molar-refractivity contribution in [3.05, 3.63) is 0 Å². The van der Waals surface area contributed by atoms with E-state index in [1.165, 1.54) is 0 Å². The van der Waals surface area contributed by atoms with Crippen LogP contribution in [0.15, 0.2) is 0 Å². The third-order valence-corrected chi connectivity index (χ3v) is 15.3. The van der Waals surface area contributed by atoms with Crippen molar-refractivity contribution in [3.63, 3.8) is 0 Å². The predicted octanol–water partition coefficient (Wildman–Crippen LogP) is 5.58. The van der Waals surface area contributed by atoms with Crippen LogP contribution in [0, 0.1) is 0 Å². The smallest absolute Gasteiger partial charge is 0.0892 e. The fraction of sp³-hybridized carbons (Fsp3) is 0. The van der Waals surface area contributed by atoms with Gasteiger partial charge >= 0.3 is 0 Å². The Labute approximate surface area is 167 Å². The summed E-state index contributed by atoms with van der Waals surface area (Å²) in [6.07, 6.45) is -4.11. The van der Waals surface area contributed by atoms with E-state index in [1.54, 1.807) is 22.7 Å². The van der Waals surface area contributed by atoms with E-state index in [0.29, 0.717) is 0 Å². The molecule has 16 heavy (non-hydrogen) atoms. The van der Waals surface area contributed by atoms with Crippen LogP contribution in [-0.4, -0.2) is 5.11 Å². The molecule has 0 spiro atoms. The van der Waals surface area contributed by atoms with E-state index < -0.39 is 24.7 Å². The lowest BCUT2D eigenvalue weighted by Crippen LogP contribution is -2.14. The Bertz CT molecular complexity index is 581. The summed E-state index contributed by atoms with van der Waals surface area (Å²) in [5.41, 5.74) is 0. The molecule has 0 aliphatic carbocycles. The molecule has 0 N–H and O–H groups in total. The van der Waals surface area contributed by atoms with Gasteiger partial charge < -0.3 is 0 Å². The number of halogens is 4. The molecule has 0 aromatic carbocycles. The second kappa shape index (κ2) is 8.07. The Balaban J connectivity index is 2.84. The van der Waals surface area contributed by atoms with Gasteiger partial charge in [-0.2, -0.15) is 0 Å². The topological polar surface area (TPSA) is 0 Å². The first-order chi connectivity index (χ1) is 9.25. The third-order valence-electron chi connectivity index (χ3n) is 1.78. The number of thiophene rings is 2. The summed E-state index contributed by atoms with van der Waals surface area (Å²) in [4.78, 5) is 0. The van der Waals surface area contributed by atoms with E-state index in [0.717, 1.165) is 29.2 Å². The molecule has 0 radical (unpaired) electrons. The number of fused-ring (bicyclic) bond motifs is 1. The molecule has 0 nitrogen and oxygen atoms in total. The zero-order valence-electron chi connectivity index (χ0n) is 11.1. The summed E-state index contributed by atoms with van der Waals surface area (Å²) in [6.45, 7) is 0. The van der Waals surface area contributed by atoms with Crippen molar-refractivity contribution in [2.75, 3.05) is 0 Å². The van der Waals surface area contributed by atoms with E-state index in [-0.39, 0.29) is 0 Å². The normalized spacial score (nSPS) is 23.0. The van der Waals surface area contributed by atoms with E-state index in [4.69, 9.17) is 5.11 Å². The Morgan fingerprint density at radius 2 is 1.25 bits per heavy atom. The van der Waals surface area contributed by atoms with Crippen molar-refractivity contribution in [1.82, 2.24) is 0 Å². The molecule has 2 aromatic rings. The standard InChI is InChI=1S/C6H4I4P4S2/c7-11-2-1-3(12-8)5(14-10)16-6(1)15-4(2)13-9/h11-14H/i11D,12D,13D,14D. The molecular weight excluding hydrogens is 768 g/mol. The molecule has 0 amide bonds. The van der Waals surface area contributed by atoms with Gasteiger partial charge in [0.1, 0.15) is 0 Å². The van der Waals surface area contributed by atoms with Crippen molar-refractivity contribution < 1.29 is 0 Å². The highest BCUT2D eigenvalue weighted by Gasteiger charge is 2.19. The van der Waals surface area contributed by atoms with Crippen LogP contribution in [0.5, 0.6) is 0 Å². The van der Waals surface area contributed by atoms with Crippen molar-refractivity contribution in [1.29, 1.82) is 5.11 Å². The average molecular weight is 776 g/mol. The molecule has 10 heteroatoms. The van der Waals surface area contributed by atoms with Gasteiger partial charge in [0.2, 0.25) is 0 Å². The van der Waals surface area contributed by atoms with Crippen LogP contribution in [0.25, 0.3) is 9.40 Å². The van der Waals surface area contributed by atoms with Crippen LogP contribution < -0.4 is 19.8 Å². The molecule has 0 saturated carbocycles. The monoisotopic (exact) mass is 776 g/mol. The van der Waals surface area contributed by atoms with Gasteiger partial charge in [-0.05, 0) is 24.7 Å². The third kappa shape index (κ3) is 3.37. The van der Waals surface area contributed by atoms with Crippen LogP contribution in [0.3, 0.4) is 0 Å². The first kappa shape index (κ1) is 11.8. The van der Waals surface area contributed by atoms with Crippen molar-refractivity contribution in [2.24, 2.45) is 0 Å². The molecule has 0 bridgehead atoms. The second-order valence-electron chi connectivity index (χ2n) is 2.51. The van der Waals surface area contributed by atoms with Gasteiger partial charge in [-0.1, -0.05) is 88.2 Å². The van der Waals surface area contributed by atoms with Crippen LogP contribution in [-0.2, 0) is 0 Å². The van der Waals surface area contributed by atoms with Crippen molar-refractivity contribution >= 4 is 165 Å². The first-order valence-electron chi connectivity index (χ1n) is 5.43. The summed E-state index contributed by atoms with van der Waals surface area (Å²) < 4.78 is 35.7. The van der Waals surface area contributed by atoms with E-state index >= 15 is 0 Å². The summed E-state index contributed by atoms with van der Waals surface area (Å²) in [7, 11) is 0. The Hall–Kier alpha value is 4.30. The van der Waals surface area contributed by atoms with E-state index in [9.17, 15) is 0 Å².